The van der Waals surface area contributed by atoms with Gasteiger partial charge in [-0.2, -0.15) is 21.0 Å². The number of hydrogen-bond acceptors (Lipinski definition) is 7. The zero-order valence-electron chi connectivity index (χ0n) is 12.4. The van der Waals surface area contributed by atoms with E-state index in [0.717, 1.165) is 5.56 Å². The third-order valence-corrected chi connectivity index (χ3v) is 5.52. The summed E-state index contributed by atoms with van der Waals surface area (Å²) in [4.78, 5) is 11.4. The highest BCUT2D eigenvalue weighted by molar-refractivity contribution is 9.10. The van der Waals surface area contributed by atoms with Crippen molar-refractivity contribution in [1.82, 2.24) is 19.8 Å². The van der Waals surface area contributed by atoms with Crippen LogP contribution in [0.3, 0.4) is 0 Å². The molecule has 0 saturated carbocycles. The van der Waals surface area contributed by atoms with E-state index in [1.807, 2.05) is 16.8 Å². The van der Waals surface area contributed by atoms with Gasteiger partial charge in [-0.05, 0) is 35.7 Å². The van der Waals surface area contributed by atoms with E-state index < -0.39 is 4.92 Å². The first-order chi connectivity index (χ1) is 12.1. The van der Waals surface area contributed by atoms with Gasteiger partial charge >= 0.3 is 0 Å². The fourth-order valence-electron chi connectivity index (χ4n) is 2.23. The van der Waals surface area contributed by atoms with Crippen molar-refractivity contribution >= 4 is 50.4 Å². The van der Waals surface area contributed by atoms with Gasteiger partial charge in [0.05, 0.1) is 9.82 Å². The lowest BCUT2D eigenvalue weighted by Gasteiger charge is -2.04. The number of aromatic nitrogens is 4. The third kappa shape index (κ3) is 3.15. The molecule has 0 spiro atoms. The van der Waals surface area contributed by atoms with Gasteiger partial charge in [-0.15, -0.1) is 10.2 Å². The molecular weight excluding hydrogens is 426 g/mol. The second kappa shape index (κ2) is 6.54. The molecule has 4 aromatic rings. The Morgan fingerprint density at radius 3 is 2.84 bits per heavy atom. The molecule has 0 atom stereocenters. The van der Waals surface area contributed by atoms with Crippen LogP contribution in [0, 0.1) is 10.1 Å². The van der Waals surface area contributed by atoms with Gasteiger partial charge in [0.15, 0.2) is 11.5 Å². The molecule has 0 fully saturated rings. The van der Waals surface area contributed by atoms with Gasteiger partial charge < -0.3 is 0 Å². The molecule has 4 rings (SSSR count). The van der Waals surface area contributed by atoms with Crippen LogP contribution in [0.2, 0.25) is 0 Å². The van der Waals surface area contributed by atoms with Crippen LogP contribution in [-0.2, 0) is 0 Å². The van der Waals surface area contributed by atoms with Gasteiger partial charge in [0.1, 0.15) is 5.03 Å². The van der Waals surface area contributed by atoms with Crippen LogP contribution in [0.5, 0.6) is 0 Å². The summed E-state index contributed by atoms with van der Waals surface area (Å²) in [6, 6.07) is 10.5. The highest BCUT2D eigenvalue weighted by Crippen LogP contribution is 2.35. The Bertz CT molecular complexity index is 1080. The first-order valence-corrected chi connectivity index (χ1v) is 9.54. The maximum absolute atomic E-state index is 11.3. The van der Waals surface area contributed by atoms with Crippen molar-refractivity contribution in [2.24, 2.45) is 0 Å². The fourth-order valence-corrected chi connectivity index (χ4v) is 4.07. The lowest BCUT2D eigenvalue weighted by molar-refractivity contribution is -0.387. The molecule has 0 radical (unpaired) electrons. The van der Waals surface area contributed by atoms with E-state index in [4.69, 9.17) is 0 Å². The number of rotatable bonds is 4. The van der Waals surface area contributed by atoms with E-state index in [-0.39, 0.29) is 5.69 Å². The lowest BCUT2D eigenvalue weighted by atomic mass is 10.3. The Labute approximate surface area is 158 Å². The maximum atomic E-state index is 11.3. The van der Waals surface area contributed by atoms with E-state index in [1.54, 1.807) is 40.1 Å². The second-order valence-electron chi connectivity index (χ2n) is 4.95. The Kier molecular flexibility index (Phi) is 4.24. The summed E-state index contributed by atoms with van der Waals surface area (Å²) in [7, 11) is 0. The topological polar surface area (TPSA) is 86.2 Å². The molecule has 0 saturated heterocycles. The number of hydrogen-bond donors (Lipinski definition) is 0. The van der Waals surface area contributed by atoms with Crippen LogP contribution >= 0.6 is 39.0 Å². The summed E-state index contributed by atoms with van der Waals surface area (Å²) in [6.07, 6.45) is 0. The summed E-state index contributed by atoms with van der Waals surface area (Å²) < 4.78 is 2.31. The molecule has 0 bridgehead atoms. The standard InChI is InChI=1S/C15H8BrN5O2S2/c16-10-1-2-12(11(7-10)21(22)23)25-14-4-3-13-17-18-15(20(13)19-14)9-5-6-24-8-9/h1-8H. The SMILES string of the molecule is O=[N+]([O-])c1cc(Br)ccc1Sc1ccc2nnc(-c3ccsc3)n2n1. The Morgan fingerprint density at radius 1 is 1.20 bits per heavy atom. The number of benzene rings is 1. The lowest BCUT2D eigenvalue weighted by Crippen LogP contribution is -1.96. The summed E-state index contributed by atoms with van der Waals surface area (Å²) in [5.41, 5.74) is 1.58. The van der Waals surface area contributed by atoms with Crippen molar-refractivity contribution in [3.63, 3.8) is 0 Å². The zero-order valence-corrected chi connectivity index (χ0v) is 15.6. The van der Waals surface area contributed by atoms with Crippen molar-refractivity contribution in [1.29, 1.82) is 0 Å². The minimum atomic E-state index is -0.402. The highest BCUT2D eigenvalue weighted by Gasteiger charge is 2.17. The van der Waals surface area contributed by atoms with Gasteiger partial charge in [0.25, 0.3) is 5.69 Å². The Morgan fingerprint density at radius 2 is 2.08 bits per heavy atom. The van der Waals surface area contributed by atoms with Crippen LogP contribution < -0.4 is 0 Å². The van der Waals surface area contributed by atoms with Crippen LogP contribution in [0.15, 0.2) is 61.6 Å². The smallest absolute Gasteiger partial charge is 0.258 e. The van der Waals surface area contributed by atoms with Gasteiger partial charge in [0.2, 0.25) is 0 Å². The van der Waals surface area contributed by atoms with Gasteiger partial charge in [-0.3, -0.25) is 10.1 Å². The molecular formula is C15H8BrN5O2S2. The van der Waals surface area contributed by atoms with E-state index >= 15 is 0 Å². The molecule has 3 aromatic heterocycles. The number of thiophene rings is 1. The van der Waals surface area contributed by atoms with Gasteiger partial charge in [-0.25, -0.2) is 0 Å². The number of nitrogens with zero attached hydrogens (tertiary/aromatic N) is 5. The van der Waals surface area contributed by atoms with Gasteiger partial charge in [-0.1, -0.05) is 27.7 Å². The average Bonchev–Trinajstić information content (AvgIpc) is 3.25. The molecule has 0 aliphatic heterocycles. The average molecular weight is 434 g/mol. The molecule has 0 N–H and O–H groups in total. The van der Waals surface area contributed by atoms with E-state index in [2.05, 4.69) is 31.2 Å². The maximum Gasteiger partial charge on any atom is 0.284 e. The highest BCUT2D eigenvalue weighted by atomic mass is 79.9. The largest absolute Gasteiger partial charge is 0.284 e. The zero-order chi connectivity index (χ0) is 17.4. The molecule has 10 heteroatoms. The molecule has 25 heavy (non-hydrogen) atoms. The molecule has 3 heterocycles. The van der Waals surface area contributed by atoms with Crippen LogP contribution in [0.4, 0.5) is 5.69 Å². The van der Waals surface area contributed by atoms with Gasteiger partial charge in [0, 0.05) is 21.5 Å². The Balaban J connectivity index is 1.76. The number of nitro benzene ring substituents is 1. The summed E-state index contributed by atoms with van der Waals surface area (Å²) in [6.45, 7) is 0. The van der Waals surface area contributed by atoms with Crippen molar-refractivity contribution in [2.75, 3.05) is 0 Å². The second-order valence-corrected chi connectivity index (χ2v) is 7.71. The number of nitro groups is 1. The van der Waals surface area contributed by atoms with Crippen LogP contribution in [0.1, 0.15) is 0 Å². The van der Waals surface area contributed by atoms with E-state index in [1.165, 1.54) is 17.8 Å². The summed E-state index contributed by atoms with van der Waals surface area (Å²) in [5, 5.41) is 28.6. The number of halogens is 1. The Hall–Kier alpha value is -2.30. The van der Waals surface area contributed by atoms with Crippen molar-refractivity contribution < 1.29 is 4.92 Å². The van der Waals surface area contributed by atoms with Crippen molar-refractivity contribution in [3.8, 4) is 11.4 Å². The fraction of sp³-hybridized carbons (Fsp3) is 0. The molecule has 0 unspecified atom stereocenters. The molecule has 7 nitrogen and oxygen atoms in total. The minimum Gasteiger partial charge on any atom is -0.258 e. The van der Waals surface area contributed by atoms with Crippen LogP contribution in [0.25, 0.3) is 17.0 Å². The minimum absolute atomic E-state index is 0.0306. The predicted octanol–water partition coefficient (Wildman–Crippen LogP) is 4.67. The van der Waals surface area contributed by atoms with Crippen molar-refractivity contribution in [3.05, 3.63) is 61.7 Å². The molecule has 0 aliphatic carbocycles. The van der Waals surface area contributed by atoms with Crippen molar-refractivity contribution in [2.45, 2.75) is 9.92 Å². The number of fused-ring (bicyclic) bond motifs is 1. The quantitative estimate of drug-likeness (QED) is 0.343. The normalized spacial score (nSPS) is 11.1. The monoisotopic (exact) mass is 433 g/mol. The summed E-state index contributed by atoms with van der Waals surface area (Å²) >= 11 is 6.05. The van der Waals surface area contributed by atoms with E-state index in [9.17, 15) is 10.1 Å². The molecule has 0 amide bonds. The van der Waals surface area contributed by atoms with E-state index in [0.29, 0.717) is 25.9 Å². The predicted molar refractivity (Wildman–Crippen MR) is 99.0 cm³/mol. The molecule has 124 valence electrons. The first-order valence-electron chi connectivity index (χ1n) is 6.98. The molecule has 1 aromatic carbocycles. The first kappa shape index (κ1) is 16.2. The third-order valence-electron chi connectivity index (χ3n) is 3.35. The summed E-state index contributed by atoms with van der Waals surface area (Å²) in [5.74, 6) is 0.643. The van der Waals surface area contributed by atoms with Crippen LogP contribution in [-0.4, -0.2) is 24.7 Å². The molecule has 0 aliphatic rings.